The van der Waals surface area contributed by atoms with Gasteiger partial charge in [-0.05, 0) is 31.9 Å². The van der Waals surface area contributed by atoms with Crippen LogP contribution in [0.1, 0.15) is 17.7 Å². The topological polar surface area (TPSA) is 104 Å². The van der Waals surface area contributed by atoms with Crippen molar-refractivity contribution < 1.29 is 23.1 Å². The largest absolute Gasteiger partial charge is 0.480 e. The number of aryl methyl sites for hydroxylation is 1. The molecule has 0 spiro atoms. The van der Waals surface area contributed by atoms with Crippen molar-refractivity contribution >= 4 is 33.2 Å². The molecule has 0 aliphatic carbocycles. The first-order valence-electron chi connectivity index (χ1n) is 6.40. The molecule has 21 heavy (non-hydrogen) atoms. The van der Waals surface area contributed by atoms with Crippen LogP contribution in [-0.4, -0.2) is 48.8 Å². The number of hydrogen-bond acceptors (Lipinski definition) is 5. The Bertz CT molecular complexity index is 652. The predicted octanol–water partition coefficient (Wildman–Crippen LogP) is 0.410. The van der Waals surface area contributed by atoms with E-state index in [9.17, 15) is 18.0 Å². The summed E-state index contributed by atoms with van der Waals surface area (Å²) in [6, 6.07) is 2.41. The smallest absolute Gasteiger partial charge is 0.322 e. The molecular formula is C12H16N2O5S2. The molecule has 1 aromatic heterocycles. The number of carboxylic acid groups (broad SMARTS) is 1. The highest BCUT2D eigenvalue weighted by molar-refractivity contribution is 7.91. The lowest BCUT2D eigenvalue weighted by Crippen LogP contribution is -2.46. The number of aliphatic carboxylic acids is 1. The van der Waals surface area contributed by atoms with E-state index in [-0.39, 0.29) is 10.8 Å². The Morgan fingerprint density at radius 3 is 2.76 bits per heavy atom. The summed E-state index contributed by atoms with van der Waals surface area (Å²) in [6.45, 7) is 1.57. The average Bonchev–Trinajstić information content (AvgIpc) is 3.04. The molecule has 1 atom stereocenters. The molecule has 1 amide bonds. The number of rotatable bonds is 5. The van der Waals surface area contributed by atoms with Crippen LogP contribution >= 0.6 is 11.3 Å². The number of sulfonamides is 1. The van der Waals surface area contributed by atoms with E-state index in [1.54, 1.807) is 6.07 Å². The van der Waals surface area contributed by atoms with Crippen molar-refractivity contribution in [2.75, 3.05) is 13.1 Å². The lowest BCUT2D eigenvalue weighted by Gasteiger charge is -2.22. The molecule has 1 aliphatic rings. The van der Waals surface area contributed by atoms with Crippen LogP contribution in [0.25, 0.3) is 0 Å². The van der Waals surface area contributed by atoms with E-state index in [4.69, 9.17) is 5.11 Å². The maximum atomic E-state index is 12.5. The molecule has 1 aromatic rings. The van der Waals surface area contributed by atoms with Gasteiger partial charge in [-0.1, -0.05) is 0 Å². The zero-order chi connectivity index (χ0) is 15.6. The summed E-state index contributed by atoms with van der Waals surface area (Å²) < 4.78 is 26.5. The molecule has 0 radical (unpaired) electrons. The highest BCUT2D eigenvalue weighted by atomic mass is 32.2. The van der Waals surface area contributed by atoms with Crippen LogP contribution in [0.2, 0.25) is 0 Å². The van der Waals surface area contributed by atoms with E-state index in [1.807, 2.05) is 6.92 Å². The van der Waals surface area contributed by atoms with E-state index in [2.05, 4.69) is 5.32 Å². The first-order valence-corrected chi connectivity index (χ1v) is 8.66. The fraction of sp³-hybridized carbons (Fsp3) is 0.500. The van der Waals surface area contributed by atoms with Crippen LogP contribution in [0.4, 0.5) is 0 Å². The summed E-state index contributed by atoms with van der Waals surface area (Å²) in [5.41, 5.74) is 0. The van der Waals surface area contributed by atoms with Crippen LogP contribution in [0.15, 0.2) is 16.3 Å². The van der Waals surface area contributed by atoms with E-state index >= 15 is 0 Å². The monoisotopic (exact) mass is 332 g/mol. The molecule has 116 valence electrons. The fourth-order valence-corrected chi connectivity index (χ4v) is 5.31. The maximum absolute atomic E-state index is 12.5. The molecule has 0 bridgehead atoms. The van der Waals surface area contributed by atoms with Gasteiger partial charge in [-0.15, -0.1) is 11.3 Å². The average molecular weight is 332 g/mol. The molecule has 0 saturated carbocycles. The summed E-state index contributed by atoms with van der Waals surface area (Å²) in [7, 11) is -3.71. The minimum Gasteiger partial charge on any atom is -0.480 e. The van der Waals surface area contributed by atoms with E-state index in [1.165, 1.54) is 6.07 Å². The normalized spacial score (nSPS) is 19.6. The van der Waals surface area contributed by atoms with E-state index < -0.39 is 34.5 Å². The highest BCUT2D eigenvalue weighted by Gasteiger charge is 2.39. The Morgan fingerprint density at radius 1 is 1.48 bits per heavy atom. The van der Waals surface area contributed by atoms with Gasteiger partial charge in [0, 0.05) is 11.4 Å². The first-order chi connectivity index (χ1) is 9.82. The minimum absolute atomic E-state index is 0.206. The zero-order valence-corrected chi connectivity index (χ0v) is 13.0. The third-order valence-electron chi connectivity index (χ3n) is 3.20. The third kappa shape index (κ3) is 3.42. The van der Waals surface area contributed by atoms with Crippen molar-refractivity contribution in [3.05, 3.63) is 17.0 Å². The lowest BCUT2D eigenvalue weighted by atomic mass is 10.2. The summed E-state index contributed by atoms with van der Waals surface area (Å²) in [5.74, 6) is -1.73. The Balaban J connectivity index is 2.18. The summed E-state index contributed by atoms with van der Waals surface area (Å²) in [5, 5.41) is 10.8. The molecule has 1 aliphatic heterocycles. The summed E-state index contributed by atoms with van der Waals surface area (Å²) in [4.78, 5) is 23.3. The molecule has 1 unspecified atom stereocenters. The van der Waals surface area contributed by atoms with Crippen molar-refractivity contribution in [1.82, 2.24) is 9.62 Å². The number of nitrogens with one attached hydrogen (secondary N) is 1. The number of hydrogen-bond donors (Lipinski definition) is 2. The van der Waals surface area contributed by atoms with Crippen LogP contribution in [0.3, 0.4) is 0 Å². The number of carbonyl (C=O) groups is 2. The molecule has 9 heteroatoms. The number of carbonyl (C=O) groups excluding carboxylic acids is 1. The van der Waals surface area contributed by atoms with Crippen LogP contribution in [-0.2, 0) is 19.6 Å². The Labute approximate surface area is 126 Å². The van der Waals surface area contributed by atoms with Gasteiger partial charge in [0.15, 0.2) is 0 Å². The number of amides is 1. The Hall–Kier alpha value is -1.45. The second kappa shape index (κ2) is 6.12. The molecular weight excluding hydrogens is 316 g/mol. The van der Waals surface area contributed by atoms with Crippen molar-refractivity contribution in [1.29, 1.82) is 0 Å². The van der Waals surface area contributed by atoms with Gasteiger partial charge in [0.1, 0.15) is 16.8 Å². The second-order valence-electron chi connectivity index (χ2n) is 4.75. The molecule has 1 saturated heterocycles. The molecule has 2 N–H and O–H groups in total. The second-order valence-corrected chi connectivity index (χ2v) is 8.16. The lowest BCUT2D eigenvalue weighted by molar-refractivity contribution is -0.138. The SMILES string of the molecule is Cc1ccc(S(=O)(=O)N2CCCC2C(=O)NCC(=O)O)s1. The predicted molar refractivity (Wildman–Crippen MR) is 76.6 cm³/mol. The molecule has 7 nitrogen and oxygen atoms in total. The number of carboxylic acids is 1. The van der Waals surface area contributed by atoms with E-state index in [0.29, 0.717) is 12.8 Å². The molecule has 0 aromatic carbocycles. The molecule has 2 rings (SSSR count). The quantitative estimate of drug-likeness (QED) is 0.813. The van der Waals surface area contributed by atoms with Crippen LogP contribution in [0, 0.1) is 6.92 Å². The van der Waals surface area contributed by atoms with Crippen molar-refractivity contribution in [2.45, 2.75) is 30.0 Å². The van der Waals surface area contributed by atoms with Crippen molar-refractivity contribution in [3.63, 3.8) is 0 Å². The number of nitrogens with zero attached hydrogens (tertiary/aromatic N) is 1. The minimum atomic E-state index is -3.71. The third-order valence-corrected chi connectivity index (χ3v) is 6.58. The maximum Gasteiger partial charge on any atom is 0.322 e. The van der Waals surface area contributed by atoms with E-state index in [0.717, 1.165) is 20.5 Å². The van der Waals surface area contributed by atoms with Crippen LogP contribution < -0.4 is 5.32 Å². The fourth-order valence-electron chi connectivity index (χ4n) is 2.24. The molecule has 2 heterocycles. The summed E-state index contributed by atoms with van der Waals surface area (Å²) >= 11 is 1.16. The van der Waals surface area contributed by atoms with Gasteiger partial charge in [0.05, 0.1) is 0 Å². The van der Waals surface area contributed by atoms with Gasteiger partial charge in [-0.3, -0.25) is 9.59 Å². The standard InChI is InChI=1S/C12H16N2O5S2/c1-8-4-5-11(20-8)21(18,19)14-6-2-3-9(14)12(17)13-7-10(15)16/h4-5,9H,2-3,6-7H2,1H3,(H,13,17)(H,15,16). The van der Waals surface area contributed by atoms with Gasteiger partial charge >= 0.3 is 5.97 Å². The molecule has 1 fully saturated rings. The van der Waals surface area contributed by atoms with Gasteiger partial charge in [0.2, 0.25) is 5.91 Å². The Kier molecular flexibility index (Phi) is 4.64. The van der Waals surface area contributed by atoms with Crippen LogP contribution in [0.5, 0.6) is 0 Å². The van der Waals surface area contributed by atoms with Crippen molar-refractivity contribution in [2.24, 2.45) is 0 Å². The zero-order valence-electron chi connectivity index (χ0n) is 11.4. The van der Waals surface area contributed by atoms with Gasteiger partial charge in [-0.25, -0.2) is 8.42 Å². The van der Waals surface area contributed by atoms with Gasteiger partial charge in [-0.2, -0.15) is 4.31 Å². The van der Waals surface area contributed by atoms with Gasteiger partial charge in [0.25, 0.3) is 10.0 Å². The first kappa shape index (κ1) is 15.9. The number of thiophene rings is 1. The summed E-state index contributed by atoms with van der Waals surface area (Å²) in [6.07, 6.45) is 0.976. The Morgan fingerprint density at radius 2 is 2.19 bits per heavy atom. The highest BCUT2D eigenvalue weighted by Crippen LogP contribution is 2.30. The van der Waals surface area contributed by atoms with Crippen molar-refractivity contribution in [3.8, 4) is 0 Å². The van der Waals surface area contributed by atoms with Gasteiger partial charge < -0.3 is 10.4 Å².